The summed E-state index contributed by atoms with van der Waals surface area (Å²) in [4.78, 5) is 25.8. The van der Waals surface area contributed by atoms with Gasteiger partial charge in [-0.15, -0.1) is 11.3 Å². The molecule has 5 rings (SSSR count). The number of rotatable bonds is 7. The van der Waals surface area contributed by atoms with Gasteiger partial charge in [0.2, 0.25) is 11.8 Å². The zero-order valence-corrected chi connectivity index (χ0v) is 21.9. The second-order valence-corrected chi connectivity index (χ2v) is 11.1. The van der Waals surface area contributed by atoms with E-state index in [1.807, 2.05) is 46.7 Å². The minimum atomic E-state index is 0.195. The molecular weight excluding hydrogens is 480 g/mol. The van der Waals surface area contributed by atoms with Gasteiger partial charge in [0.1, 0.15) is 11.5 Å². The molecule has 1 aromatic carbocycles. The van der Waals surface area contributed by atoms with Gasteiger partial charge in [-0.3, -0.25) is 9.69 Å². The molecule has 0 unspecified atom stereocenters. The summed E-state index contributed by atoms with van der Waals surface area (Å²) in [7, 11) is 2.21. The molecule has 186 valence electrons. The van der Waals surface area contributed by atoms with Gasteiger partial charge in [-0.25, -0.2) is 4.98 Å². The molecule has 0 spiro atoms. The molecule has 0 saturated carbocycles. The number of hydrogen-bond acceptors (Lipinski definition) is 6. The lowest BCUT2D eigenvalue weighted by Gasteiger charge is -2.38. The van der Waals surface area contributed by atoms with Crippen molar-refractivity contribution in [1.82, 2.24) is 19.7 Å². The molecule has 0 radical (unpaired) electrons. The number of benzene rings is 1. The summed E-state index contributed by atoms with van der Waals surface area (Å²) in [5, 5.41) is 2.69. The summed E-state index contributed by atoms with van der Waals surface area (Å²) in [6, 6.07) is 11.6. The van der Waals surface area contributed by atoms with Gasteiger partial charge in [-0.05, 0) is 62.5 Å². The van der Waals surface area contributed by atoms with Gasteiger partial charge in [0, 0.05) is 56.2 Å². The number of likely N-dealkylation sites (tertiary alicyclic amines) is 1. The van der Waals surface area contributed by atoms with Crippen LogP contribution in [0.2, 0.25) is 5.02 Å². The fourth-order valence-corrected chi connectivity index (χ4v) is 5.80. The highest BCUT2D eigenvalue weighted by molar-refractivity contribution is 7.13. The smallest absolute Gasteiger partial charge is 0.237 e. The predicted molar refractivity (Wildman–Crippen MR) is 142 cm³/mol. The fraction of sp³-hybridized carbons (Fsp3) is 0.481. The van der Waals surface area contributed by atoms with Gasteiger partial charge in [0.25, 0.3) is 0 Å². The first-order valence-corrected chi connectivity index (χ1v) is 13.8. The van der Waals surface area contributed by atoms with Crippen LogP contribution in [-0.2, 0) is 11.2 Å². The maximum absolute atomic E-state index is 13.1. The third-order valence-corrected chi connectivity index (χ3v) is 8.30. The summed E-state index contributed by atoms with van der Waals surface area (Å²) < 4.78 is 6.17. The van der Waals surface area contributed by atoms with Crippen molar-refractivity contribution in [2.24, 2.45) is 5.92 Å². The van der Waals surface area contributed by atoms with Crippen LogP contribution in [0.25, 0.3) is 22.0 Å². The number of carbonyl (C=O) groups excluding carboxylic acids is 1. The molecular formula is C27H33ClN4O2S. The summed E-state index contributed by atoms with van der Waals surface area (Å²) >= 11 is 7.68. The van der Waals surface area contributed by atoms with Crippen LogP contribution in [0.4, 0.5) is 0 Å². The minimum absolute atomic E-state index is 0.195. The van der Waals surface area contributed by atoms with Crippen molar-refractivity contribution >= 4 is 28.8 Å². The van der Waals surface area contributed by atoms with Gasteiger partial charge in [0.15, 0.2) is 0 Å². The minimum Gasteiger partial charge on any atom is -0.440 e. The van der Waals surface area contributed by atoms with Crippen LogP contribution in [0.5, 0.6) is 0 Å². The van der Waals surface area contributed by atoms with Crippen molar-refractivity contribution < 1.29 is 9.21 Å². The first kappa shape index (κ1) is 24.5. The van der Waals surface area contributed by atoms with E-state index in [9.17, 15) is 4.79 Å². The average Bonchev–Trinajstić information content (AvgIpc) is 3.55. The quantitative estimate of drug-likeness (QED) is 0.438. The first-order valence-electron chi connectivity index (χ1n) is 12.5. The standard InChI is InChI=1S/C27H33ClN4O2S/c1-30-12-10-20(11-13-30)19-31-14-16-32(17-15-31)25(33)9-8-23-26(21-4-6-22(28)7-5-21)29-27(34-23)24-3-2-18-35-24/h2-7,18,20H,8-17,19H2,1H3. The highest BCUT2D eigenvalue weighted by Gasteiger charge is 2.25. The second-order valence-electron chi connectivity index (χ2n) is 9.70. The number of carbonyl (C=O) groups is 1. The Morgan fingerprint density at radius 1 is 1.09 bits per heavy atom. The molecule has 4 heterocycles. The molecule has 2 aliphatic heterocycles. The van der Waals surface area contributed by atoms with E-state index >= 15 is 0 Å². The molecule has 8 heteroatoms. The Balaban J connectivity index is 1.18. The number of oxazole rings is 1. The van der Waals surface area contributed by atoms with Crippen LogP contribution in [0.1, 0.15) is 25.0 Å². The third-order valence-electron chi connectivity index (χ3n) is 7.19. The number of hydrogen-bond donors (Lipinski definition) is 0. The molecule has 2 saturated heterocycles. The molecule has 0 aliphatic carbocycles. The number of piperidine rings is 1. The molecule has 0 bridgehead atoms. The Kier molecular flexibility index (Phi) is 7.88. The highest BCUT2D eigenvalue weighted by atomic mass is 35.5. The molecule has 2 fully saturated rings. The van der Waals surface area contributed by atoms with Crippen LogP contribution >= 0.6 is 22.9 Å². The predicted octanol–water partition coefficient (Wildman–Crippen LogP) is 5.14. The highest BCUT2D eigenvalue weighted by Crippen LogP contribution is 2.32. The van der Waals surface area contributed by atoms with Gasteiger partial charge >= 0.3 is 0 Å². The zero-order valence-electron chi connectivity index (χ0n) is 20.3. The number of nitrogens with zero attached hydrogens (tertiary/aromatic N) is 4. The molecule has 2 aromatic heterocycles. The van der Waals surface area contributed by atoms with E-state index in [1.54, 1.807) is 11.3 Å². The Morgan fingerprint density at radius 3 is 2.51 bits per heavy atom. The van der Waals surface area contributed by atoms with E-state index in [0.29, 0.717) is 23.8 Å². The van der Waals surface area contributed by atoms with E-state index < -0.39 is 0 Å². The van der Waals surface area contributed by atoms with Crippen molar-refractivity contribution in [3.05, 3.63) is 52.6 Å². The number of halogens is 1. The van der Waals surface area contributed by atoms with Crippen LogP contribution in [-0.4, -0.2) is 78.5 Å². The lowest BCUT2D eigenvalue weighted by atomic mass is 9.96. The lowest BCUT2D eigenvalue weighted by molar-refractivity contribution is -0.133. The summed E-state index contributed by atoms with van der Waals surface area (Å²) in [5.74, 6) is 2.35. The summed E-state index contributed by atoms with van der Waals surface area (Å²) in [6.45, 7) is 7.15. The van der Waals surface area contributed by atoms with Crippen LogP contribution < -0.4 is 0 Å². The normalized spacial score (nSPS) is 18.3. The molecule has 1 amide bonds. The largest absolute Gasteiger partial charge is 0.440 e. The van der Waals surface area contributed by atoms with Crippen LogP contribution in [0.3, 0.4) is 0 Å². The number of aryl methyl sites for hydroxylation is 1. The number of amides is 1. The fourth-order valence-electron chi connectivity index (χ4n) is 5.03. The van der Waals surface area contributed by atoms with Crippen molar-refractivity contribution in [2.45, 2.75) is 25.7 Å². The Morgan fingerprint density at radius 2 is 1.83 bits per heavy atom. The summed E-state index contributed by atoms with van der Waals surface area (Å²) in [5.41, 5.74) is 1.74. The zero-order chi connectivity index (χ0) is 24.2. The first-order chi connectivity index (χ1) is 17.0. The Labute approximate surface area is 216 Å². The van der Waals surface area contributed by atoms with E-state index in [2.05, 4.69) is 16.8 Å². The van der Waals surface area contributed by atoms with E-state index in [1.165, 1.54) is 32.5 Å². The molecule has 0 N–H and O–H groups in total. The van der Waals surface area contributed by atoms with E-state index in [0.717, 1.165) is 54.0 Å². The summed E-state index contributed by atoms with van der Waals surface area (Å²) in [6.07, 6.45) is 3.53. The number of thiophene rings is 1. The van der Waals surface area contributed by atoms with Crippen molar-refractivity contribution in [3.8, 4) is 22.0 Å². The number of aromatic nitrogens is 1. The average molecular weight is 513 g/mol. The SMILES string of the molecule is CN1CCC(CN2CCN(C(=O)CCc3oc(-c4cccs4)nc3-c3ccc(Cl)cc3)CC2)CC1. The molecule has 2 aliphatic rings. The molecule has 0 atom stereocenters. The number of piperazine rings is 1. The van der Waals surface area contributed by atoms with Crippen molar-refractivity contribution in [3.63, 3.8) is 0 Å². The maximum Gasteiger partial charge on any atom is 0.237 e. The molecule has 35 heavy (non-hydrogen) atoms. The van der Waals surface area contributed by atoms with Gasteiger partial charge in [-0.1, -0.05) is 29.8 Å². The van der Waals surface area contributed by atoms with Crippen molar-refractivity contribution in [2.75, 3.05) is 52.9 Å². The molecule has 6 nitrogen and oxygen atoms in total. The second kappa shape index (κ2) is 11.2. The van der Waals surface area contributed by atoms with E-state index in [-0.39, 0.29) is 5.91 Å². The maximum atomic E-state index is 13.1. The van der Waals surface area contributed by atoms with Gasteiger partial charge < -0.3 is 14.2 Å². The van der Waals surface area contributed by atoms with Crippen molar-refractivity contribution in [1.29, 1.82) is 0 Å². The topological polar surface area (TPSA) is 52.8 Å². The van der Waals surface area contributed by atoms with E-state index in [4.69, 9.17) is 21.0 Å². The Bertz CT molecular complexity index is 1100. The van der Waals surface area contributed by atoms with Gasteiger partial charge in [-0.2, -0.15) is 0 Å². The molecule has 3 aromatic rings. The van der Waals surface area contributed by atoms with Gasteiger partial charge in [0.05, 0.1) is 4.88 Å². The third kappa shape index (κ3) is 6.15. The lowest BCUT2D eigenvalue weighted by Crippen LogP contribution is -2.50. The Hall–Kier alpha value is -2.19. The van der Waals surface area contributed by atoms with Crippen LogP contribution in [0, 0.1) is 5.92 Å². The van der Waals surface area contributed by atoms with Crippen LogP contribution in [0.15, 0.2) is 46.2 Å². The monoisotopic (exact) mass is 512 g/mol.